The number of anilines is 1. The quantitative estimate of drug-likeness (QED) is 0.588. The van der Waals surface area contributed by atoms with Crippen LogP contribution < -0.4 is 10.0 Å². The van der Waals surface area contributed by atoms with Gasteiger partial charge in [0.25, 0.3) is 0 Å². The number of benzene rings is 1. The van der Waals surface area contributed by atoms with Crippen LogP contribution in [0.15, 0.2) is 52.1 Å². The van der Waals surface area contributed by atoms with Gasteiger partial charge in [0.15, 0.2) is 0 Å². The summed E-state index contributed by atoms with van der Waals surface area (Å²) in [6, 6.07) is 11.3. The van der Waals surface area contributed by atoms with E-state index in [1.165, 1.54) is 28.4 Å². The van der Waals surface area contributed by atoms with Gasteiger partial charge in [0.2, 0.25) is 15.9 Å². The van der Waals surface area contributed by atoms with Crippen LogP contribution in [0.3, 0.4) is 0 Å². The summed E-state index contributed by atoms with van der Waals surface area (Å²) >= 11 is 3.47. The molecule has 0 saturated carbocycles. The molecule has 1 unspecified atom stereocenters. The molecule has 2 aromatic heterocycles. The lowest BCUT2D eigenvalue weighted by atomic mass is 9.98. The number of rotatable bonds is 6. The molecule has 1 atom stereocenters. The van der Waals surface area contributed by atoms with Crippen molar-refractivity contribution in [1.29, 1.82) is 0 Å². The normalized spacial score (nSPS) is 16.9. The van der Waals surface area contributed by atoms with E-state index in [1.807, 2.05) is 6.07 Å². The van der Waals surface area contributed by atoms with Crippen molar-refractivity contribution in [1.82, 2.24) is 9.62 Å². The van der Waals surface area contributed by atoms with Gasteiger partial charge >= 0.3 is 0 Å². The summed E-state index contributed by atoms with van der Waals surface area (Å²) < 4.78 is 26.8. The lowest BCUT2D eigenvalue weighted by molar-refractivity contribution is -0.117. The fraction of sp³-hybridized carbons (Fsp3) is 0.286. The van der Waals surface area contributed by atoms with E-state index < -0.39 is 10.0 Å². The van der Waals surface area contributed by atoms with Crippen LogP contribution in [0, 0.1) is 6.92 Å². The van der Waals surface area contributed by atoms with E-state index in [9.17, 15) is 13.2 Å². The second-order valence-corrected chi connectivity index (χ2v) is 11.0. The molecular formula is C21H23N3O3S3. The number of amides is 1. The van der Waals surface area contributed by atoms with Crippen molar-refractivity contribution in [2.45, 2.75) is 24.3 Å². The van der Waals surface area contributed by atoms with E-state index in [1.54, 1.807) is 41.7 Å². The molecule has 0 spiro atoms. The van der Waals surface area contributed by atoms with Gasteiger partial charge in [-0.15, -0.1) is 22.7 Å². The van der Waals surface area contributed by atoms with Crippen molar-refractivity contribution in [2.75, 3.05) is 25.5 Å². The number of nitrogens with zero attached hydrogens (tertiary/aromatic N) is 1. The van der Waals surface area contributed by atoms with Gasteiger partial charge in [-0.3, -0.25) is 9.69 Å². The van der Waals surface area contributed by atoms with Gasteiger partial charge in [-0.25, -0.2) is 13.1 Å². The average molecular weight is 462 g/mol. The molecule has 30 heavy (non-hydrogen) atoms. The third-order valence-electron chi connectivity index (χ3n) is 5.26. The number of aryl methyl sites for hydroxylation is 1. The van der Waals surface area contributed by atoms with E-state index in [0.717, 1.165) is 13.0 Å². The number of carbonyl (C=O) groups excluding carboxylic acids is 1. The molecule has 0 fully saturated rings. The highest BCUT2D eigenvalue weighted by Gasteiger charge is 2.31. The number of nitrogens with one attached hydrogen (secondary N) is 2. The molecule has 1 aliphatic heterocycles. The molecule has 1 aliphatic rings. The number of fused-ring (bicyclic) bond motifs is 1. The van der Waals surface area contributed by atoms with Crippen molar-refractivity contribution < 1.29 is 13.2 Å². The molecule has 0 aliphatic carbocycles. The lowest BCUT2D eigenvalue weighted by Gasteiger charge is -2.34. The fourth-order valence-corrected chi connectivity index (χ4v) is 6.56. The van der Waals surface area contributed by atoms with E-state index in [-0.39, 0.29) is 23.4 Å². The monoisotopic (exact) mass is 461 g/mol. The van der Waals surface area contributed by atoms with Crippen LogP contribution in [0.1, 0.15) is 26.9 Å². The van der Waals surface area contributed by atoms with Crippen molar-refractivity contribution in [2.24, 2.45) is 0 Å². The number of sulfonamides is 1. The Hall–Kier alpha value is -2.04. The van der Waals surface area contributed by atoms with Crippen LogP contribution in [-0.2, 0) is 21.2 Å². The van der Waals surface area contributed by atoms with Crippen LogP contribution >= 0.6 is 22.7 Å². The molecule has 0 saturated heterocycles. The Morgan fingerprint density at radius 3 is 2.77 bits per heavy atom. The zero-order valence-corrected chi connectivity index (χ0v) is 19.2. The maximum atomic E-state index is 12.8. The summed E-state index contributed by atoms with van der Waals surface area (Å²) in [7, 11) is -2.21. The molecule has 0 radical (unpaired) electrons. The first-order valence-corrected chi connectivity index (χ1v) is 12.8. The summed E-state index contributed by atoms with van der Waals surface area (Å²) in [5.41, 5.74) is 2.38. The highest BCUT2D eigenvalue weighted by Crippen LogP contribution is 2.39. The first kappa shape index (κ1) is 21.2. The largest absolute Gasteiger partial charge is 0.325 e. The predicted molar refractivity (Wildman–Crippen MR) is 122 cm³/mol. The molecular weight excluding hydrogens is 438 g/mol. The van der Waals surface area contributed by atoms with Gasteiger partial charge in [-0.05, 0) is 66.5 Å². The molecule has 2 N–H and O–H groups in total. The van der Waals surface area contributed by atoms with Crippen molar-refractivity contribution in [3.8, 4) is 0 Å². The third-order valence-corrected chi connectivity index (χ3v) is 8.73. The Balaban J connectivity index is 1.54. The zero-order chi connectivity index (χ0) is 21.3. The standard InChI is InChI=1S/C21H23N3O3S3/c1-14-5-6-15(12-19(14)30(26,27)22-2)23-20(25)13-24-9-7-17-16(8-11-29-17)21(24)18-4-3-10-28-18/h3-6,8,10-12,21-22H,7,9,13H2,1-2H3,(H,23,25). The zero-order valence-electron chi connectivity index (χ0n) is 16.7. The molecule has 3 aromatic rings. The molecule has 158 valence electrons. The van der Waals surface area contributed by atoms with Crippen LogP contribution in [0.25, 0.3) is 0 Å². The summed E-state index contributed by atoms with van der Waals surface area (Å²) in [4.78, 5) is 17.8. The molecule has 1 amide bonds. The van der Waals surface area contributed by atoms with Crippen molar-refractivity contribution >= 4 is 44.3 Å². The van der Waals surface area contributed by atoms with Crippen LogP contribution in [0.5, 0.6) is 0 Å². The first-order valence-electron chi connectivity index (χ1n) is 9.57. The van der Waals surface area contributed by atoms with E-state index in [0.29, 0.717) is 11.3 Å². The third kappa shape index (κ3) is 4.21. The summed E-state index contributed by atoms with van der Waals surface area (Å²) in [5, 5.41) is 7.05. The summed E-state index contributed by atoms with van der Waals surface area (Å²) in [6.07, 6.45) is 0.928. The SMILES string of the molecule is CNS(=O)(=O)c1cc(NC(=O)CN2CCc3sccc3C2c2cccs2)ccc1C. The minimum atomic E-state index is -3.59. The topological polar surface area (TPSA) is 78.5 Å². The van der Waals surface area contributed by atoms with Gasteiger partial charge in [0.1, 0.15) is 0 Å². The Kier molecular flexibility index (Phi) is 6.08. The fourth-order valence-electron chi connectivity index (χ4n) is 3.78. The molecule has 3 heterocycles. The molecule has 9 heteroatoms. The number of hydrogen-bond donors (Lipinski definition) is 2. The molecule has 4 rings (SSSR count). The van der Waals surface area contributed by atoms with Crippen molar-refractivity contribution in [3.63, 3.8) is 0 Å². The minimum Gasteiger partial charge on any atom is -0.325 e. The Morgan fingerprint density at radius 2 is 2.03 bits per heavy atom. The van der Waals surface area contributed by atoms with Crippen LogP contribution in [0.4, 0.5) is 5.69 Å². The van der Waals surface area contributed by atoms with E-state index >= 15 is 0 Å². The van der Waals surface area contributed by atoms with Gasteiger partial charge < -0.3 is 5.32 Å². The molecule has 0 bridgehead atoms. The second-order valence-electron chi connectivity index (χ2n) is 7.17. The Labute approximate surface area is 184 Å². The lowest BCUT2D eigenvalue weighted by Crippen LogP contribution is -2.40. The Morgan fingerprint density at radius 1 is 1.20 bits per heavy atom. The van der Waals surface area contributed by atoms with E-state index in [4.69, 9.17) is 0 Å². The smallest absolute Gasteiger partial charge is 0.240 e. The van der Waals surface area contributed by atoms with Crippen LogP contribution in [-0.4, -0.2) is 39.4 Å². The number of carbonyl (C=O) groups is 1. The minimum absolute atomic E-state index is 0.0731. The molecule has 1 aromatic carbocycles. The van der Waals surface area contributed by atoms with Gasteiger partial charge in [0, 0.05) is 22.0 Å². The van der Waals surface area contributed by atoms with Crippen LogP contribution in [0.2, 0.25) is 0 Å². The maximum absolute atomic E-state index is 12.8. The van der Waals surface area contributed by atoms with E-state index in [2.05, 4.69) is 37.8 Å². The molecule has 6 nitrogen and oxygen atoms in total. The average Bonchev–Trinajstić information content (AvgIpc) is 3.41. The van der Waals surface area contributed by atoms with Gasteiger partial charge in [-0.2, -0.15) is 0 Å². The van der Waals surface area contributed by atoms with Gasteiger partial charge in [0.05, 0.1) is 17.5 Å². The van der Waals surface area contributed by atoms with Crippen molar-refractivity contribution in [3.05, 3.63) is 68.0 Å². The second kappa shape index (κ2) is 8.60. The number of thiophene rings is 2. The first-order chi connectivity index (χ1) is 14.4. The Bertz CT molecular complexity index is 1150. The maximum Gasteiger partial charge on any atom is 0.240 e. The number of hydrogen-bond acceptors (Lipinski definition) is 6. The predicted octanol–water partition coefficient (Wildman–Crippen LogP) is 3.61. The summed E-state index contributed by atoms with van der Waals surface area (Å²) in [5.74, 6) is -0.160. The van der Waals surface area contributed by atoms with Gasteiger partial charge in [-0.1, -0.05) is 12.1 Å². The summed E-state index contributed by atoms with van der Waals surface area (Å²) in [6.45, 7) is 2.77. The highest BCUT2D eigenvalue weighted by atomic mass is 32.2. The highest BCUT2D eigenvalue weighted by molar-refractivity contribution is 7.89.